The molecule has 1 N–H and O–H groups in total. The molecular formula is C10H11BrK2N2NaO6. The Kier molecular flexibility index (Phi) is 132. The van der Waals surface area contributed by atoms with Crippen LogP contribution in [0.3, 0.4) is 0 Å². The largest absolute Gasteiger partial charge is 1.00 e. The maximum absolute atomic E-state index is 9.36. The summed E-state index contributed by atoms with van der Waals surface area (Å²) in [6.07, 6.45) is 10.4. The molecule has 0 aromatic carbocycles. The first kappa shape index (κ1) is 43.9. The van der Waals surface area contributed by atoms with Gasteiger partial charge in [-0.1, -0.05) is 27.8 Å². The molecule has 0 aromatic heterocycles. The van der Waals surface area contributed by atoms with E-state index in [-0.39, 0.29) is 152 Å². The van der Waals surface area contributed by atoms with Crippen molar-refractivity contribution in [2.75, 3.05) is 11.9 Å². The summed E-state index contributed by atoms with van der Waals surface area (Å²) in [5.41, 5.74) is 0. The minimum atomic E-state index is -0.181. The van der Waals surface area contributed by atoms with Crippen LogP contribution in [0.25, 0.3) is 5.32 Å². The van der Waals surface area contributed by atoms with Gasteiger partial charge in [-0.05, 0) is 0 Å². The summed E-state index contributed by atoms with van der Waals surface area (Å²) in [6.45, 7) is 0.142. The molecule has 0 bridgehead atoms. The number of terminal acetylenes is 2. The molecule has 0 aliphatic carbocycles. The van der Waals surface area contributed by atoms with Crippen molar-refractivity contribution in [3.05, 3.63) is 5.32 Å². The van der Waals surface area contributed by atoms with Crippen LogP contribution in [0.4, 0.5) is 0 Å². The number of hydrogen-bond acceptors (Lipinski definition) is 6. The van der Waals surface area contributed by atoms with Crippen molar-refractivity contribution in [1.29, 1.82) is 0 Å². The molecule has 0 heterocycles. The smallest absolute Gasteiger partial charge is 0.662 e. The van der Waals surface area contributed by atoms with E-state index in [0.29, 0.717) is 18.3 Å². The fraction of sp³-hybridized carbons (Fsp3) is 0.200. The number of carbonyl (C=O) groups excluding carboxylic acids is 4. The summed E-state index contributed by atoms with van der Waals surface area (Å²) >= 11 is 3.01. The number of hydrogen-bond donors (Lipinski definition) is 1. The number of imide groups is 1. The Balaban J connectivity index is -0.0000000264. The third-order valence-corrected chi connectivity index (χ3v) is 0.849. The standard InChI is InChI=1S/C4H5NO.C3H3Br.C2H3NO2.CH2O3.2K.Na/c1-2-3-5-4-6;1-2-3-4;4-1-3-2-5;2-1-4-3;;;/h1,4H,3H2,(H,5,6);1H,3H2;1-2H,(H,3,4,5);1,3H;;;/q;;;;;2*+1/p-2. The van der Waals surface area contributed by atoms with Crippen LogP contribution in [0.5, 0.6) is 0 Å². The third-order valence-electron chi connectivity index (χ3n) is 0.526. The molecule has 0 spiro atoms. The maximum Gasteiger partial charge on any atom is 1.00 e. The zero-order valence-electron chi connectivity index (χ0n) is 12.7. The average molecular weight is 436 g/mol. The van der Waals surface area contributed by atoms with E-state index >= 15 is 0 Å². The van der Waals surface area contributed by atoms with Crippen LogP contribution in [0, 0.1) is 24.7 Å². The van der Waals surface area contributed by atoms with Crippen molar-refractivity contribution in [3.63, 3.8) is 0 Å². The van der Waals surface area contributed by atoms with Crippen LogP contribution < -0.4 is 91.5 Å². The number of rotatable bonds is 5. The normalized spacial score (nSPS) is 4.73. The molecule has 1 radical (unpaired) electrons. The van der Waals surface area contributed by atoms with Crippen molar-refractivity contribution < 1.29 is 110 Å². The van der Waals surface area contributed by atoms with Crippen LogP contribution in [0.1, 0.15) is 0 Å². The summed E-state index contributed by atoms with van der Waals surface area (Å²) in [4.78, 5) is 38.6. The van der Waals surface area contributed by atoms with Crippen molar-refractivity contribution in [2.24, 2.45) is 0 Å². The molecule has 8 nitrogen and oxygen atoms in total. The second-order valence-corrected chi connectivity index (χ2v) is 2.15. The molecule has 0 fully saturated rings. The van der Waals surface area contributed by atoms with Crippen molar-refractivity contribution in [2.45, 2.75) is 0 Å². The van der Waals surface area contributed by atoms with E-state index in [2.05, 4.69) is 43.3 Å². The van der Waals surface area contributed by atoms with Crippen LogP contribution in [0.15, 0.2) is 0 Å². The molecule has 12 heteroatoms. The molecule has 0 rings (SSSR count). The Morgan fingerprint density at radius 2 is 1.55 bits per heavy atom. The number of nitrogens with one attached hydrogen (secondary N) is 1. The zero-order valence-corrected chi connectivity index (χ0v) is 22.5. The maximum atomic E-state index is 9.36. The van der Waals surface area contributed by atoms with E-state index in [1.807, 2.05) is 0 Å². The molecule has 0 unspecified atom stereocenters. The number of halogens is 1. The molecule has 22 heavy (non-hydrogen) atoms. The molecule has 0 aromatic rings. The van der Waals surface area contributed by atoms with Gasteiger partial charge in [0, 0.05) is 64.2 Å². The molecular weight excluding hydrogens is 425 g/mol. The molecule has 0 aliphatic rings. The molecule has 0 saturated heterocycles. The SMILES string of the molecule is C#CCBr.C#CCNC=O.O=CO[O-].O=C[N-]C=O.[K+].[K].[Na+]. The first-order valence-corrected chi connectivity index (χ1v) is 5.18. The van der Waals surface area contributed by atoms with Gasteiger partial charge in [-0.15, -0.1) is 12.8 Å². The Morgan fingerprint density at radius 3 is 1.59 bits per heavy atom. The molecule has 0 aliphatic heterocycles. The topological polar surface area (TPSA) is 127 Å². The van der Waals surface area contributed by atoms with Gasteiger partial charge < -0.3 is 30.4 Å². The van der Waals surface area contributed by atoms with Crippen molar-refractivity contribution in [3.8, 4) is 24.7 Å². The van der Waals surface area contributed by atoms with E-state index in [0.717, 1.165) is 0 Å². The van der Waals surface area contributed by atoms with Gasteiger partial charge in [0.05, 0.1) is 11.9 Å². The molecule has 107 valence electrons. The van der Waals surface area contributed by atoms with Crippen LogP contribution in [-0.4, -0.2) is 89.0 Å². The summed E-state index contributed by atoms with van der Waals surface area (Å²) in [5, 5.41) is 14.0. The van der Waals surface area contributed by atoms with Gasteiger partial charge in [0.15, 0.2) is 0 Å². The second kappa shape index (κ2) is 66.0. The van der Waals surface area contributed by atoms with Crippen LogP contribution >= 0.6 is 15.9 Å². The van der Waals surface area contributed by atoms with E-state index in [9.17, 15) is 4.79 Å². The Hall–Kier alpha value is 1.91. The molecule has 0 atom stereocenters. The van der Waals surface area contributed by atoms with Gasteiger partial charge in [0.25, 0.3) is 6.47 Å². The van der Waals surface area contributed by atoms with Crippen molar-refractivity contribution >= 4 is 93.0 Å². The van der Waals surface area contributed by atoms with E-state index in [4.69, 9.17) is 32.5 Å². The van der Waals surface area contributed by atoms with Gasteiger partial charge in [0.1, 0.15) is 0 Å². The second-order valence-electron chi connectivity index (χ2n) is 1.59. The van der Waals surface area contributed by atoms with Gasteiger partial charge in [-0.3, -0.25) is 9.59 Å². The van der Waals surface area contributed by atoms with E-state index < -0.39 is 0 Å². The van der Waals surface area contributed by atoms with E-state index in [1.165, 1.54) is 0 Å². The van der Waals surface area contributed by atoms with Crippen LogP contribution in [-0.2, 0) is 24.1 Å². The fourth-order valence-corrected chi connectivity index (χ4v) is 0.125. The number of carbonyl (C=O) groups is 4. The Bertz CT molecular complexity index is 294. The van der Waals surface area contributed by atoms with Crippen molar-refractivity contribution in [1.82, 2.24) is 5.32 Å². The summed E-state index contributed by atoms with van der Waals surface area (Å²) < 4.78 is 0. The number of nitrogens with zero attached hydrogens (tertiary/aromatic N) is 1. The molecule has 0 saturated carbocycles. The summed E-state index contributed by atoms with van der Waals surface area (Å²) in [6, 6.07) is 0. The van der Waals surface area contributed by atoms with Crippen LogP contribution in [0.2, 0.25) is 0 Å². The predicted octanol–water partition coefficient (Wildman–Crippen LogP) is -7.89. The Morgan fingerprint density at radius 1 is 1.18 bits per heavy atom. The minimum Gasteiger partial charge on any atom is -0.662 e. The summed E-state index contributed by atoms with van der Waals surface area (Å²) in [7, 11) is 0. The molecule has 3 amide bonds. The first-order valence-electron chi connectivity index (χ1n) is 4.06. The monoisotopic (exact) mass is 435 g/mol. The summed E-state index contributed by atoms with van der Waals surface area (Å²) in [5.74, 6) is 4.57. The third kappa shape index (κ3) is 121. The number of amides is 3. The Labute approximate surface area is 245 Å². The number of alkyl halides is 1. The zero-order chi connectivity index (χ0) is 15.8. The fourth-order valence-electron chi connectivity index (χ4n) is 0.125. The minimum absolute atomic E-state index is 0. The van der Waals surface area contributed by atoms with Gasteiger partial charge in [-0.25, -0.2) is 0 Å². The first-order chi connectivity index (χ1) is 9.16. The van der Waals surface area contributed by atoms with Gasteiger partial charge in [-0.2, -0.15) is 0 Å². The predicted molar refractivity (Wildman–Crippen MR) is 73.9 cm³/mol. The van der Waals surface area contributed by atoms with Gasteiger partial charge in [0.2, 0.25) is 6.41 Å². The quantitative estimate of drug-likeness (QED) is 0.0868. The average Bonchev–Trinajstić information content (AvgIpc) is 2.47. The van der Waals surface area contributed by atoms with E-state index in [1.54, 1.807) is 0 Å². The van der Waals surface area contributed by atoms with Gasteiger partial charge >= 0.3 is 80.9 Å².